The van der Waals surface area contributed by atoms with Crippen molar-refractivity contribution in [2.24, 2.45) is 5.92 Å². The number of aryl methyl sites for hydroxylation is 3. The Morgan fingerprint density at radius 1 is 1.00 bits per heavy atom. The van der Waals surface area contributed by atoms with Gasteiger partial charge in [0.1, 0.15) is 28.9 Å². The monoisotopic (exact) mass is 514 g/mol. The van der Waals surface area contributed by atoms with E-state index in [1.54, 1.807) is 24.3 Å². The molecule has 1 fully saturated rings. The Kier molecular flexibility index (Phi) is 7.90. The molecule has 0 spiro atoms. The first-order valence-corrected chi connectivity index (χ1v) is 12.0. The molecule has 1 aliphatic rings. The van der Waals surface area contributed by atoms with Gasteiger partial charge in [-0.25, -0.2) is 9.37 Å². The van der Waals surface area contributed by atoms with E-state index in [-0.39, 0.29) is 54.6 Å². The van der Waals surface area contributed by atoms with Crippen LogP contribution in [0.3, 0.4) is 0 Å². The zero-order valence-electron chi connectivity index (χ0n) is 20.2. The Morgan fingerprint density at radius 3 is 2.43 bits per heavy atom. The van der Waals surface area contributed by atoms with Gasteiger partial charge in [0.05, 0.1) is 5.56 Å². The average Bonchev–Trinajstić information content (AvgIpc) is 3.68. The molecule has 37 heavy (non-hydrogen) atoms. The maximum absolute atomic E-state index is 14.6. The Balaban J connectivity index is 1.29. The molecule has 1 N–H and O–H groups in total. The van der Waals surface area contributed by atoms with E-state index >= 15 is 0 Å². The SMILES string of the molecule is Cc1ccc(CCC(=O)CCc2ccc(Oc3ccnc(NC(=O)C4CC4)c3)cc2F)cc1C(F)(F)F. The fraction of sp³-hybridized carbons (Fsp3) is 0.321. The number of aromatic nitrogens is 1. The second-order valence-electron chi connectivity index (χ2n) is 9.18. The number of halogens is 4. The number of nitrogens with one attached hydrogen (secondary N) is 1. The minimum absolute atomic E-state index is 0.0322. The molecule has 0 saturated heterocycles. The fourth-order valence-corrected chi connectivity index (χ4v) is 3.86. The van der Waals surface area contributed by atoms with E-state index in [2.05, 4.69) is 10.3 Å². The van der Waals surface area contributed by atoms with Crippen LogP contribution in [0.15, 0.2) is 54.7 Å². The predicted molar refractivity (Wildman–Crippen MR) is 130 cm³/mol. The maximum Gasteiger partial charge on any atom is 0.416 e. The molecule has 1 heterocycles. The summed E-state index contributed by atoms with van der Waals surface area (Å²) in [4.78, 5) is 28.3. The minimum atomic E-state index is -4.44. The van der Waals surface area contributed by atoms with Gasteiger partial charge in [0.2, 0.25) is 5.91 Å². The van der Waals surface area contributed by atoms with Crippen molar-refractivity contribution in [3.05, 3.63) is 82.8 Å². The molecule has 9 heteroatoms. The van der Waals surface area contributed by atoms with E-state index in [1.165, 1.54) is 31.3 Å². The number of ether oxygens (including phenoxy) is 1. The molecule has 3 aromatic rings. The highest BCUT2D eigenvalue weighted by Crippen LogP contribution is 2.33. The number of ketones is 1. The number of hydrogen-bond acceptors (Lipinski definition) is 4. The Bertz CT molecular complexity index is 1300. The number of carbonyl (C=O) groups excluding carboxylic acids is 2. The second-order valence-corrected chi connectivity index (χ2v) is 9.18. The quantitative estimate of drug-likeness (QED) is 0.302. The lowest BCUT2D eigenvalue weighted by Gasteiger charge is -2.12. The highest BCUT2D eigenvalue weighted by atomic mass is 19.4. The lowest BCUT2D eigenvalue weighted by molar-refractivity contribution is -0.138. The van der Waals surface area contributed by atoms with Crippen LogP contribution < -0.4 is 10.1 Å². The second kappa shape index (κ2) is 11.1. The number of benzene rings is 2. The summed E-state index contributed by atoms with van der Waals surface area (Å²) in [6, 6.07) is 11.5. The summed E-state index contributed by atoms with van der Waals surface area (Å²) in [6.07, 6.45) is -0.721. The van der Waals surface area contributed by atoms with Crippen LogP contribution in [-0.4, -0.2) is 16.7 Å². The molecule has 0 aliphatic heterocycles. The lowest BCUT2D eigenvalue weighted by Crippen LogP contribution is -2.14. The number of rotatable bonds is 10. The molecule has 1 aliphatic carbocycles. The van der Waals surface area contributed by atoms with Crippen LogP contribution in [0.2, 0.25) is 0 Å². The summed E-state index contributed by atoms with van der Waals surface area (Å²) in [7, 11) is 0. The van der Waals surface area contributed by atoms with Gasteiger partial charge in [-0.05, 0) is 67.5 Å². The van der Waals surface area contributed by atoms with Crippen LogP contribution >= 0.6 is 0 Å². The van der Waals surface area contributed by atoms with E-state index in [4.69, 9.17) is 4.74 Å². The van der Waals surface area contributed by atoms with Gasteiger partial charge in [-0.1, -0.05) is 18.2 Å². The van der Waals surface area contributed by atoms with Gasteiger partial charge in [-0.2, -0.15) is 13.2 Å². The van der Waals surface area contributed by atoms with Gasteiger partial charge in [-0.15, -0.1) is 0 Å². The number of anilines is 1. The first kappa shape index (κ1) is 26.3. The third-order valence-corrected chi connectivity index (χ3v) is 6.16. The summed E-state index contributed by atoms with van der Waals surface area (Å²) in [5, 5.41) is 2.72. The van der Waals surface area contributed by atoms with Crippen LogP contribution in [0.1, 0.15) is 47.9 Å². The third kappa shape index (κ3) is 7.38. The minimum Gasteiger partial charge on any atom is -0.457 e. The van der Waals surface area contributed by atoms with Crippen molar-refractivity contribution < 1.29 is 31.9 Å². The van der Waals surface area contributed by atoms with Crippen molar-refractivity contribution >= 4 is 17.5 Å². The summed E-state index contributed by atoms with van der Waals surface area (Å²) < 4.78 is 59.6. The lowest BCUT2D eigenvalue weighted by atomic mass is 9.99. The van der Waals surface area contributed by atoms with E-state index in [1.807, 2.05) is 0 Å². The molecule has 194 valence electrons. The summed E-state index contributed by atoms with van der Waals surface area (Å²) >= 11 is 0. The van der Waals surface area contributed by atoms with Gasteiger partial charge < -0.3 is 10.1 Å². The van der Waals surface area contributed by atoms with Crippen LogP contribution in [-0.2, 0) is 28.6 Å². The van der Waals surface area contributed by atoms with Crippen molar-refractivity contribution in [1.82, 2.24) is 4.98 Å². The third-order valence-electron chi connectivity index (χ3n) is 6.16. The zero-order valence-corrected chi connectivity index (χ0v) is 20.2. The summed E-state index contributed by atoms with van der Waals surface area (Å²) in [5.74, 6) is 0.238. The van der Waals surface area contributed by atoms with Crippen LogP contribution in [0.5, 0.6) is 11.5 Å². The number of pyridine rings is 1. The molecular formula is C28H26F4N2O3. The number of nitrogens with zero attached hydrogens (tertiary/aromatic N) is 1. The number of alkyl halides is 3. The predicted octanol–water partition coefficient (Wildman–Crippen LogP) is 6.82. The van der Waals surface area contributed by atoms with Crippen molar-refractivity contribution in [3.8, 4) is 11.5 Å². The topological polar surface area (TPSA) is 68.3 Å². The molecule has 0 bridgehead atoms. The van der Waals surface area contributed by atoms with Gasteiger partial charge in [0.15, 0.2) is 0 Å². The highest BCUT2D eigenvalue weighted by Gasteiger charge is 2.32. The molecule has 0 radical (unpaired) electrons. The van der Waals surface area contributed by atoms with Gasteiger partial charge in [0.25, 0.3) is 0 Å². The smallest absolute Gasteiger partial charge is 0.416 e. The maximum atomic E-state index is 14.6. The van der Waals surface area contributed by atoms with E-state index in [9.17, 15) is 27.2 Å². The van der Waals surface area contributed by atoms with Crippen LogP contribution in [0.25, 0.3) is 0 Å². The Morgan fingerprint density at radius 2 is 1.73 bits per heavy atom. The standard InChI is InChI=1S/C28H26F4N2O3/c1-17-2-3-18(14-24(17)28(30,31)32)4-9-21(35)10-7-19-8-11-22(15-25(19)29)37-23-12-13-33-26(16-23)34-27(36)20-5-6-20/h2-3,8,11-16,20H,4-7,9-10H2,1H3,(H,33,34,36). The molecule has 1 amide bonds. The number of Topliss-reactive ketones (excluding diaryl/α,β-unsaturated/α-hetero) is 1. The fourth-order valence-electron chi connectivity index (χ4n) is 3.86. The van der Waals surface area contributed by atoms with Crippen molar-refractivity contribution in [1.29, 1.82) is 0 Å². The summed E-state index contributed by atoms with van der Waals surface area (Å²) in [5.41, 5.74) is 0.205. The molecular weight excluding hydrogens is 488 g/mol. The molecule has 5 nitrogen and oxygen atoms in total. The van der Waals surface area contributed by atoms with Crippen molar-refractivity contribution in [3.63, 3.8) is 0 Å². The molecule has 1 saturated carbocycles. The van der Waals surface area contributed by atoms with Gasteiger partial charge in [0, 0.05) is 37.1 Å². The molecule has 1 aromatic heterocycles. The van der Waals surface area contributed by atoms with E-state index in [0.29, 0.717) is 22.7 Å². The van der Waals surface area contributed by atoms with Gasteiger partial charge in [-0.3, -0.25) is 9.59 Å². The first-order chi connectivity index (χ1) is 17.6. The van der Waals surface area contributed by atoms with E-state index in [0.717, 1.165) is 18.9 Å². The van der Waals surface area contributed by atoms with Crippen molar-refractivity contribution in [2.75, 3.05) is 5.32 Å². The largest absolute Gasteiger partial charge is 0.457 e. The molecule has 2 aromatic carbocycles. The van der Waals surface area contributed by atoms with E-state index < -0.39 is 17.6 Å². The highest BCUT2D eigenvalue weighted by molar-refractivity contribution is 5.93. The molecule has 4 rings (SSSR count). The normalized spacial score (nSPS) is 13.3. The summed E-state index contributed by atoms with van der Waals surface area (Å²) in [6.45, 7) is 1.40. The average molecular weight is 515 g/mol. The first-order valence-electron chi connectivity index (χ1n) is 12.0. The number of amides is 1. The van der Waals surface area contributed by atoms with Crippen LogP contribution in [0.4, 0.5) is 23.4 Å². The number of hydrogen-bond donors (Lipinski definition) is 1. The molecule has 0 atom stereocenters. The zero-order chi connectivity index (χ0) is 26.6. The molecule has 0 unspecified atom stereocenters. The van der Waals surface area contributed by atoms with Crippen LogP contribution in [0, 0.1) is 18.7 Å². The van der Waals surface area contributed by atoms with Gasteiger partial charge >= 0.3 is 6.18 Å². The van der Waals surface area contributed by atoms with Crippen molar-refractivity contribution in [2.45, 2.75) is 51.6 Å². The Labute approximate surface area is 211 Å². The number of carbonyl (C=O) groups is 2. The Hall–Kier alpha value is -3.75.